The first-order valence-electron chi connectivity index (χ1n) is 4.57. The van der Waals surface area contributed by atoms with Gasteiger partial charge in [0.1, 0.15) is 5.82 Å². The van der Waals surface area contributed by atoms with Crippen LogP contribution in [-0.4, -0.2) is 0 Å². The third-order valence-corrected chi connectivity index (χ3v) is 2.22. The summed E-state index contributed by atoms with van der Waals surface area (Å²) in [4.78, 5) is 0. The van der Waals surface area contributed by atoms with Gasteiger partial charge in [-0.25, -0.2) is 4.39 Å². The first-order valence-corrected chi connectivity index (χ1v) is 4.57. The van der Waals surface area contributed by atoms with Gasteiger partial charge >= 0.3 is 0 Å². The molecule has 1 aromatic carbocycles. The van der Waals surface area contributed by atoms with Crippen molar-refractivity contribution in [1.82, 2.24) is 0 Å². The van der Waals surface area contributed by atoms with Crippen LogP contribution >= 0.6 is 0 Å². The molecule has 13 heavy (non-hydrogen) atoms. The van der Waals surface area contributed by atoms with Crippen LogP contribution in [0.3, 0.4) is 0 Å². The molecule has 0 amide bonds. The lowest BCUT2D eigenvalue weighted by molar-refractivity contribution is 0.621. The van der Waals surface area contributed by atoms with Gasteiger partial charge < -0.3 is 0 Å². The Labute approximate surface area is 79.1 Å². The molecule has 1 atom stereocenters. The van der Waals surface area contributed by atoms with E-state index < -0.39 is 0 Å². The number of aryl methyl sites for hydroxylation is 1. The van der Waals surface area contributed by atoms with Crippen LogP contribution < -0.4 is 0 Å². The van der Waals surface area contributed by atoms with Crippen LogP contribution in [0.2, 0.25) is 0 Å². The van der Waals surface area contributed by atoms with Crippen molar-refractivity contribution in [1.29, 1.82) is 0 Å². The third kappa shape index (κ3) is 2.41. The molecule has 70 valence electrons. The minimum Gasteiger partial charge on any atom is -0.207 e. The summed E-state index contributed by atoms with van der Waals surface area (Å²) in [5.74, 6) is 0.115. The lowest BCUT2D eigenvalue weighted by Gasteiger charge is -2.10. The Morgan fingerprint density at radius 2 is 2.15 bits per heavy atom. The molecule has 0 aliphatic rings. The van der Waals surface area contributed by atoms with E-state index in [0.29, 0.717) is 0 Å². The van der Waals surface area contributed by atoms with Crippen LogP contribution in [-0.2, 0) is 0 Å². The van der Waals surface area contributed by atoms with Gasteiger partial charge in [-0.2, -0.15) is 0 Å². The zero-order valence-corrected chi connectivity index (χ0v) is 8.18. The highest BCUT2D eigenvalue weighted by Gasteiger charge is 2.06. The molecule has 0 spiro atoms. The Balaban J connectivity index is 3.05. The van der Waals surface area contributed by atoms with E-state index in [4.69, 9.17) is 0 Å². The van der Waals surface area contributed by atoms with E-state index in [1.165, 1.54) is 0 Å². The summed E-state index contributed by atoms with van der Waals surface area (Å²) in [6.07, 6.45) is 2.83. The van der Waals surface area contributed by atoms with E-state index in [1.54, 1.807) is 12.1 Å². The van der Waals surface area contributed by atoms with Crippen molar-refractivity contribution in [3.8, 4) is 0 Å². The molecular formula is C12H15F. The highest BCUT2D eigenvalue weighted by Crippen LogP contribution is 2.22. The molecule has 0 fully saturated rings. The molecule has 0 saturated heterocycles. The van der Waals surface area contributed by atoms with E-state index >= 15 is 0 Å². The van der Waals surface area contributed by atoms with Crippen molar-refractivity contribution in [3.05, 3.63) is 47.8 Å². The maximum atomic E-state index is 13.0. The smallest absolute Gasteiger partial charge is 0.123 e. The minimum absolute atomic E-state index is 0.157. The second-order valence-electron chi connectivity index (χ2n) is 3.31. The highest BCUT2D eigenvalue weighted by atomic mass is 19.1. The summed E-state index contributed by atoms with van der Waals surface area (Å²) < 4.78 is 13.0. The van der Waals surface area contributed by atoms with Gasteiger partial charge in [0.25, 0.3) is 0 Å². The van der Waals surface area contributed by atoms with Gasteiger partial charge in [0.2, 0.25) is 0 Å². The van der Waals surface area contributed by atoms with Crippen LogP contribution in [0, 0.1) is 12.7 Å². The van der Waals surface area contributed by atoms with Crippen molar-refractivity contribution < 1.29 is 4.39 Å². The molecule has 0 aromatic heterocycles. The summed E-state index contributed by atoms with van der Waals surface area (Å²) >= 11 is 0. The average molecular weight is 178 g/mol. The first-order chi connectivity index (χ1) is 6.17. The summed E-state index contributed by atoms with van der Waals surface area (Å²) in [6, 6.07) is 5.14. The molecule has 0 bridgehead atoms. The van der Waals surface area contributed by atoms with Crippen molar-refractivity contribution in [2.24, 2.45) is 0 Å². The number of hydrogen-bond donors (Lipinski definition) is 0. The number of rotatable bonds is 3. The van der Waals surface area contributed by atoms with E-state index in [1.807, 2.05) is 19.1 Å². The maximum absolute atomic E-state index is 13.0. The van der Waals surface area contributed by atoms with Crippen LogP contribution in [0.1, 0.15) is 30.4 Å². The number of allylic oxidation sites excluding steroid dienone is 1. The highest BCUT2D eigenvalue weighted by molar-refractivity contribution is 5.28. The van der Waals surface area contributed by atoms with Crippen molar-refractivity contribution in [2.45, 2.75) is 26.2 Å². The Bertz CT molecular complexity index is 282. The fourth-order valence-electron chi connectivity index (χ4n) is 1.52. The SMILES string of the molecule is C=CC(CC)c1cc(C)cc(F)c1. The molecule has 0 radical (unpaired) electrons. The average Bonchev–Trinajstić information content (AvgIpc) is 2.04. The molecular weight excluding hydrogens is 163 g/mol. The van der Waals surface area contributed by atoms with Crippen molar-refractivity contribution in [2.75, 3.05) is 0 Å². The second kappa shape index (κ2) is 4.22. The molecule has 1 heteroatoms. The van der Waals surface area contributed by atoms with E-state index in [-0.39, 0.29) is 11.7 Å². The normalized spacial score (nSPS) is 12.5. The van der Waals surface area contributed by atoms with Crippen LogP contribution in [0.15, 0.2) is 30.9 Å². The maximum Gasteiger partial charge on any atom is 0.123 e. The summed E-state index contributed by atoms with van der Waals surface area (Å²) in [5, 5.41) is 0. The quantitative estimate of drug-likeness (QED) is 0.617. The Morgan fingerprint density at radius 1 is 1.46 bits per heavy atom. The topological polar surface area (TPSA) is 0 Å². The monoisotopic (exact) mass is 178 g/mol. The molecule has 1 aromatic rings. The third-order valence-electron chi connectivity index (χ3n) is 2.22. The van der Waals surface area contributed by atoms with Crippen molar-refractivity contribution in [3.63, 3.8) is 0 Å². The Morgan fingerprint density at radius 3 is 2.62 bits per heavy atom. The van der Waals surface area contributed by atoms with Gasteiger partial charge in [0.15, 0.2) is 0 Å². The largest absolute Gasteiger partial charge is 0.207 e. The lowest BCUT2D eigenvalue weighted by atomic mass is 9.95. The van der Waals surface area contributed by atoms with Crippen LogP contribution in [0.25, 0.3) is 0 Å². The zero-order valence-electron chi connectivity index (χ0n) is 8.18. The lowest BCUT2D eigenvalue weighted by Crippen LogP contribution is -1.94. The first kappa shape index (κ1) is 9.97. The van der Waals surface area contributed by atoms with Gasteiger partial charge in [-0.3, -0.25) is 0 Å². The number of halogens is 1. The fourth-order valence-corrected chi connectivity index (χ4v) is 1.52. The van der Waals surface area contributed by atoms with Gasteiger partial charge in [-0.15, -0.1) is 6.58 Å². The number of benzene rings is 1. The summed E-state index contributed by atoms with van der Waals surface area (Å²) in [5.41, 5.74) is 1.99. The van der Waals surface area contributed by atoms with Gasteiger partial charge in [0, 0.05) is 5.92 Å². The standard InChI is InChI=1S/C12H15F/c1-4-10(5-2)11-6-9(3)7-12(13)8-11/h4,6-8,10H,1,5H2,2-3H3. The van der Waals surface area contributed by atoms with E-state index in [0.717, 1.165) is 17.5 Å². The number of hydrogen-bond acceptors (Lipinski definition) is 0. The van der Waals surface area contributed by atoms with Gasteiger partial charge in [-0.05, 0) is 36.6 Å². The van der Waals surface area contributed by atoms with Gasteiger partial charge in [0.05, 0.1) is 0 Å². The Kier molecular flexibility index (Phi) is 3.24. The van der Waals surface area contributed by atoms with Gasteiger partial charge in [-0.1, -0.05) is 19.1 Å². The summed E-state index contributed by atoms with van der Waals surface area (Å²) in [6.45, 7) is 7.73. The molecule has 0 aliphatic heterocycles. The summed E-state index contributed by atoms with van der Waals surface area (Å²) in [7, 11) is 0. The molecule has 0 aliphatic carbocycles. The van der Waals surface area contributed by atoms with Crippen LogP contribution in [0.4, 0.5) is 4.39 Å². The minimum atomic E-state index is -0.157. The fraction of sp³-hybridized carbons (Fsp3) is 0.333. The van der Waals surface area contributed by atoms with E-state index in [9.17, 15) is 4.39 Å². The molecule has 0 N–H and O–H groups in total. The molecule has 0 heterocycles. The Hall–Kier alpha value is -1.11. The van der Waals surface area contributed by atoms with Crippen molar-refractivity contribution >= 4 is 0 Å². The van der Waals surface area contributed by atoms with Crippen LogP contribution in [0.5, 0.6) is 0 Å². The van der Waals surface area contributed by atoms with E-state index in [2.05, 4.69) is 13.5 Å². The predicted octanol–water partition coefficient (Wildman–Crippen LogP) is 3.81. The molecule has 1 rings (SSSR count). The second-order valence-corrected chi connectivity index (χ2v) is 3.31. The predicted molar refractivity (Wildman–Crippen MR) is 54.4 cm³/mol. The zero-order chi connectivity index (χ0) is 9.84. The molecule has 1 unspecified atom stereocenters. The molecule has 0 saturated carbocycles. The molecule has 0 nitrogen and oxygen atoms in total.